The Morgan fingerprint density at radius 1 is 1.29 bits per heavy atom. The molecule has 0 aliphatic carbocycles. The average Bonchev–Trinajstić information content (AvgIpc) is 2.71. The van der Waals surface area contributed by atoms with E-state index >= 15 is 0 Å². The van der Waals surface area contributed by atoms with Crippen LogP contribution in [-0.2, 0) is 0 Å². The fourth-order valence-electron chi connectivity index (χ4n) is 1.56. The summed E-state index contributed by atoms with van der Waals surface area (Å²) in [4.78, 5) is 21.8. The van der Waals surface area contributed by atoms with E-state index in [1.807, 2.05) is 0 Å². The van der Waals surface area contributed by atoms with E-state index in [9.17, 15) is 9.59 Å². The summed E-state index contributed by atoms with van der Waals surface area (Å²) in [6.45, 7) is 0. The summed E-state index contributed by atoms with van der Waals surface area (Å²) in [5.74, 6) is -2.18. The summed E-state index contributed by atoms with van der Waals surface area (Å²) in [6.07, 6.45) is 0. The summed E-state index contributed by atoms with van der Waals surface area (Å²) < 4.78 is 4.98. The van der Waals surface area contributed by atoms with Crippen molar-refractivity contribution in [1.82, 2.24) is 10.2 Å². The predicted molar refractivity (Wildman–Crippen MR) is 56.6 cm³/mol. The number of aromatic carboxylic acids is 2. The van der Waals surface area contributed by atoms with Crippen molar-refractivity contribution in [2.45, 2.75) is 0 Å². The van der Waals surface area contributed by atoms with Crippen molar-refractivity contribution in [1.29, 1.82) is 0 Å². The van der Waals surface area contributed by atoms with Crippen LogP contribution in [0.3, 0.4) is 0 Å². The molecule has 0 aliphatic rings. The predicted octanol–water partition coefficient (Wildman–Crippen LogP) is 0.968. The van der Waals surface area contributed by atoms with Gasteiger partial charge < -0.3 is 14.9 Å². The number of H-pyrrole nitrogens is 1. The van der Waals surface area contributed by atoms with Crippen LogP contribution in [0.2, 0.25) is 0 Å². The molecule has 0 amide bonds. The van der Waals surface area contributed by atoms with Gasteiger partial charge in [-0.05, 0) is 12.1 Å². The molecule has 17 heavy (non-hydrogen) atoms. The zero-order chi connectivity index (χ0) is 12.6. The molecular formula is C10H8N2O5. The molecule has 1 heterocycles. The van der Waals surface area contributed by atoms with E-state index in [4.69, 9.17) is 14.9 Å². The van der Waals surface area contributed by atoms with Gasteiger partial charge in [0.2, 0.25) is 0 Å². The molecule has 7 nitrogen and oxygen atoms in total. The maximum atomic E-state index is 10.9. The van der Waals surface area contributed by atoms with Gasteiger partial charge in [-0.2, -0.15) is 5.10 Å². The molecule has 7 heteroatoms. The second-order valence-corrected chi connectivity index (χ2v) is 3.28. The molecule has 0 radical (unpaired) electrons. The van der Waals surface area contributed by atoms with Crippen LogP contribution in [0.1, 0.15) is 20.8 Å². The lowest BCUT2D eigenvalue weighted by atomic mass is 10.1. The SMILES string of the molecule is COc1cc(C(=O)O)cc2[nH]nc(C(=O)O)c12. The molecule has 2 rings (SSSR count). The minimum atomic E-state index is -1.21. The van der Waals surface area contributed by atoms with Gasteiger partial charge in [-0.15, -0.1) is 0 Å². The Kier molecular flexibility index (Phi) is 2.43. The van der Waals surface area contributed by atoms with Crippen molar-refractivity contribution in [2.75, 3.05) is 7.11 Å². The minimum absolute atomic E-state index is 0.00469. The van der Waals surface area contributed by atoms with Crippen LogP contribution in [0.25, 0.3) is 10.9 Å². The number of hydrogen-bond acceptors (Lipinski definition) is 4. The highest BCUT2D eigenvalue weighted by Gasteiger charge is 2.19. The Morgan fingerprint density at radius 2 is 2.00 bits per heavy atom. The van der Waals surface area contributed by atoms with Crippen molar-refractivity contribution in [3.05, 3.63) is 23.4 Å². The largest absolute Gasteiger partial charge is 0.496 e. The van der Waals surface area contributed by atoms with Crippen molar-refractivity contribution in [3.63, 3.8) is 0 Å². The van der Waals surface area contributed by atoms with E-state index < -0.39 is 11.9 Å². The number of carboxylic acids is 2. The van der Waals surface area contributed by atoms with Gasteiger partial charge in [0.15, 0.2) is 5.69 Å². The smallest absolute Gasteiger partial charge is 0.357 e. The molecule has 0 saturated heterocycles. The molecule has 0 unspecified atom stereocenters. The lowest BCUT2D eigenvalue weighted by Gasteiger charge is -2.03. The standard InChI is InChI=1S/C10H8N2O5/c1-17-6-3-4(9(13)14)2-5-7(6)8(10(15)16)12-11-5/h2-3H,1H3,(H,11,12)(H,13,14)(H,15,16). The molecule has 1 aromatic carbocycles. The third kappa shape index (κ3) is 1.67. The Balaban J connectivity index is 2.80. The molecule has 0 atom stereocenters. The summed E-state index contributed by atoms with van der Waals surface area (Å²) in [5, 5.41) is 24.1. The Labute approximate surface area is 94.6 Å². The van der Waals surface area contributed by atoms with E-state index in [1.165, 1.54) is 19.2 Å². The Bertz CT molecular complexity index is 616. The number of nitrogens with one attached hydrogen (secondary N) is 1. The van der Waals surface area contributed by atoms with Crippen molar-refractivity contribution >= 4 is 22.8 Å². The second kappa shape index (κ2) is 3.78. The highest BCUT2D eigenvalue weighted by Crippen LogP contribution is 2.29. The maximum absolute atomic E-state index is 10.9. The van der Waals surface area contributed by atoms with Crippen LogP contribution in [0.15, 0.2) is 12.1 Å². The molecule has 0 spiro atoms. The average molecular weight is 236 g/mol. The summed E-state index contributed by atoms with van der Waals surface area (Å²) in [6, 6.07) is 2.56. The zero-order valence-corrected chi connectivity index (χ0v) is 8.72. The number of aromatic nitrogens is 2. The van der Waals surface area contributed by atoms with E-state index in [2.05, 4.69) is 10.2 Å². The van der Waals surface area contributed by atoms with Crippen LogP contribution >= 0.6 is 0 Å². The molecule has 0 aliphatic heterocycles. The van der Waals surface area contributed by atoms with Crippen LogP contribution in [0.5, 0.6) is 5.75 Å². The maximum Gasteiger partial charge on any atom is 0.357 e. The van der Waals surface area contributed by atoms with E-state index in [-0.39, 0.29) is 22.4 Å². The highest BCUT2D eigenvalue weighted by atomic mass is 16.5. The van der Waals surface area contributed by atoms with Crippen molar-refractivity contribution < 1.29 is 24.5 Å². The molecular weight excluding hydrogens is 228 g/mol. The fourth-order valence-corrected chi connectivity index (χ4v) is 1.56. The Morgan fingerprint density at radius 3 is 2.53 bits per heavy atom. The van der Waals surface area contributed by atoms with Gasteiger partial charge in [0.25, 0.3) is 0 Å². The zero-order valence-electron chi connectivity index (χ0n) is 8.72. The monoisotopic (exact) mass is 236 g/mol. The van der Waals surface area contributed by atoms with Crippen molar-refractivity contribution in [2.24, 2.45) is 0 Å². The van der Waals surface area contributed by atoms with Crippen LogP contribution in [-0.4, -0.2) is 39.5 Å². The highest BCUT2D eigenvalue weighted by molar-refractivity contribution is 6.06. The van der Waals surface area contributed by atoms with E-state index in [1.54, 1.807) is 0 Å². The Hall–Kier alpha value is -2.57. The topological polar surface area (TPSA) is 113 Å². The number of fused-ring (bicyclic) bond motifs is 1. The number of hydrogen-bond donors (Lipinski definition) is 3. The van der Waals surface area contributed by atoms with Gasteiger partial charge in [-0.25, -0.2) is 9.59 Å². The third-order valence-electron chi connectivity index (χ3n) is 2.30. The molecule has 0 saturated carbocycles. The van der Waals surface area contributed by atoms with Gasteiger partial charge in [0, 0.05) is 0 Å². The van der Waals surface area contributed by atoms with Gasteiger partial charge in [-0.3, -0.25) is 5.10 Å². The van der Waals surface area contributed by atoms with Crippen molar-refractivity contribution in [3.8, 4) is 5.75 Å². The number of benzene rings is 1. The lowest BCUT2D eigenvalue weighted by Crippen LogP contribution is -2.00. The molecule has 1 aromatic heterocycles. The first-order valence-corrected chi connectivity index (χ1v) is 4.57. The molecule has 2 aromatic rings. The first kappa shape index (κ1) is 10.9. The summed E-state index contributed by atoms with van der Waals surface area (Å²) >= 11 is 0. The number of methoxy groups -OCH3 is 1. The van der Waals surface area contributed by atoms with Crippen LogP contribution in [0.4, 0.5) is 0 Å². The third-order valence-corrected chi connectivity index (χ3v) is 2.30. The first-order valence-electron chi connectivity index (χ1n) is 4.57. The van der Waals surface area contributed by atoms with Gasteiger partial charge in [-0.1, -0.05) is 0 Å². The van der Waals surface area contributed by atoms with E-state index in [0.29, 0.717) is 5.52 Å². The van der Waals surface area contributed by atoms with Crippen LogP contribution < -0.4 is 4.74 Å². The fraction of sp³-hybridized carbons (Fsp3) is 0.100. The minimum Gasteiger partial charge on any atom is -0.496 e. The number of carbonyl (C=O) groups is 2. The number of aromatic amines is 1. The summed E-state index contributed by atoms with van der Waals surface area (Å²) in [5.41, 5.74) is 0.0999. The van der Waals surface area contributed by atoms with Gasteiger partial charge in [0.1, 0.15) is 5.75 Å². The molecule has 0 bridgehead atoms. The quantitative estimate of drug-likeness (QED) is 0.731. The number of nitrogens with zero attached hydrogens (tertiary/aromatic N) is 1. The second-order valence-electron chi connectivity index (χ2n) is 3.28. The van der Waals surface area contributed by atoms with Gasteiger partial charge in [0.05, 0.1) is 23.6 Å². The molecule has 0 fully saturated rings. The number of carboxylic acid groups (broad SMARTS) is 2. The summed E-state index contributed by atoms with van der Waals surface area (Å²) in [7, 11) is 1.33. The van der Waals surface area contributed by atoms with Crippen LogP contribution in [0, 0.1) is 0 Å². The molecule has 3 N–H and O–H groups in total. The van der Waals surface area contributed by atoms with Gasteiger partial charge >= 0.3 is 11.9 Å². The first-order chi connectivity index (χ1) is 8.04. The lowest BCUT2D eigenvalue weighted by molar-refractivity contribution is 0.0684. The van der Waals surface area contributed by atoms with E-state index in [0.717, 1.165) is 0 Å². The normalized spacial score (nSPS) is 10.4. The molecule has 88 valence electrons. The number of rotatable bonds is 3. The number of ether oxygens (including phenoxy) is 1.